The van der Waals surface area contributed by atoms with Crippen molar-refractivity contribution in [2.24, 2.45) is 0 Å². The lowest BCUT2D eigenvalue weighted by Gasteiger charge is -2.40. The van der Waals surface area contributed by atoms with E-state index in [-0.39, 0.29) is 0 Å². The van der Waals surface area contributed by atoms with E-state index in [1.807, 2.05) is 6.07 Å². The number of nitrogens with zero attached hydrogens (tertiary/aromatic N) is 2. The maximum absolute atomic E-state index is 11.4. The van der Waals surface area contributed by atoms with Crippen LogP contribution in [-0.4, -0.2) is 33.6 Å². The van der Waals surface area contributed by atoms with Crippen LogP contribution in [-0.2, 0) is 13.0 Å². The second-order valence-corrected chi connectivity index (χ2v) is 5.08. The summed E-state index contributed by atoms with van der Waals surface area (Å²) >= 11 is 0. The van der Waals surface area contributed by atoms with Crippen LogP contribution in [0.25, 0.3) is 0 Å². The molecule has 2 heterocycles. The quantitative estimate of drug-likeness (QED) is 0.607. The smallest absolute Gasteiger partial charge is 0.276 e. The van der Waals surface area contributed by atoms with Gasteiger partial charge in [0.2, 0.25) is 0 Å². The molecule has 96 valence electrons. The summed E-state index contributed by atoms with van der Waals surface area (Å²) in [5.41, 5.74) is 4.28. The first-order chi connectivity index (χ1) is 8.78. The molecule has 18 heavy (non-hydrogen) atoms. The minimum atomic E-state index is -0.494. The Bertz CT molecular complexity index is 471. The molecule has 1 aliphatic heterocycles. The summed E-state index contributed by atoms with van der Waals surface area (Å²) in [6.45, 7) is 1.94. The van der Waals surface area contributed by atoms with Crippen molar-refractivity contribution < 1.29 is 10.0 Å². The summed E-state index contributed by atoms with van der Waals surface area (Å²) in [4.78, 5) is 18.2. The normalized spacial score (nSPS) is 20.1. The average Bonchev–Trinajstić information content (AvgIpc) is 2.35. The number of aromatic nitrogens is 1. The van der Waals surface area contributed by atoms with E-state index in [1.54, 1.807) is 5.48 Å². The van der Waals surface area contributed by atoms with E-state index in [9.17, 15) is 4.79 Å². The van der Waals surface area contributed by atoms with Gasteiger partial charge in [-0.25, -0.2) is 5.48 Å². The molecule has 1 aromatic heterocycles. The Labute approximate surface area is 106 Å². The van der Waals surface area contributed by atoms with Gasteiger partial charge in [-0.15, -0.1) is 0 Å². The van der Waals surface area contributed by atoms with Crippen LogP contribution in [0, 0.1) is 0 Å². The topological polar surface area (TPSA) is 65.5 Å². The lowest BCUT2D eigenvalue weighted by Crippen LogP contribution is -2.43. The molecule has 1 fully saturated rings. The fourth-order valence-electron chi connectivity index (χ4n) is 2.70. The molecule has 0 spiro atoms. The second kappa shape index (κ2) is 4.66. The van der Waals surface area contributed by atoms with Gasteiger partial charge in [-0.05, 0) is 24.5 Å². The minimum absolute atomic E-state index is 0.423. The fourth-order valence-corrected chi connectivity index (χ4v) is 2.70. The second-order valence-electron chi connectivity index (χ2n) is 5.08. The highest BCUT2D eigenvalue weighted by atomic mass is 16.5. The molecule has 0 saturated heterocycles. The van der Waals surface area contributed by atoms with Crippen molar-refractivity contribution in [3.8, 4) is 0 Å². The molecule has 1 saturated carbocycles. The van der Waals surface area contributed by atoms with Gasteiger partial charge < -0.3 is 0 Å². The van der Waals surface area contributed by atoms with Gasteiger partial charge in [0.05, 0.1) is 5.56 Å². The Hall–Kier alpha value is -1.46. The highest BCUT2D eigenvalue weighted by Gasteiger charge is 2.28. The Kier molecular flexibility index (Phi) is 3.01. The number of carbonyl (C=O) groups is 1. The third-order valence-corrected chi connectivity index (χ3v) is 4.02. The zero-order valence-corrected chi connectivity index (χ0v) is 10.2. The highest BCUT2D eigenvalue weighted by molar-refractivity contribution is 5.93. The average molecular weight is 247 g/mol. The lowest BCUT2D eigenvalue weighted by molar-refractivity contribution is 0.0705. The van der Waals surface area contributed by atoms with Crippen molar-refractivity contribution in [3.05, 3.63) is 29.1 Å². The van der Waals surface area contributed by atoms with E-state index in [0.29, 0.717) is 11.6 Å². The van der Waals surface area contributed by atoms with Crippen LogP contribution in [0.2, 0.25) is 0 Å². The van der Waals surface area contributed by atoms with Gasteiger partial charge in [-0.1, -0.05) is 6.42 Å². The standard InChI is InChI=1S/C13H17N3O2/c17-13(15-18)9-6-10-8-16(11-2-1-3-11)5-4-12(10)14-7-9/h6-7,11,18H,1-5,8H2,(H,15,17). The molecule has 1 aliphatic carbocycles. The number of hydrogen-bond acceptors (Lipinski definition) is 4. The first kappa shape index (κ1) is 11.6. The number of hydroxylamine groups is 1. The Morgan fingerprint density at radius 2 is 2.33 bits per heavy atom. The van der Waals surface area contributed by atoms with Gasteiger partial charge in [-0.2, -0.15) is 0 Å². The molecule has 2 N–H and O–H groups in total. The summed E-state index contributed by atoms with van der Waals surface area (Å²) < 4.78 is 0. The number of nitrogens with one attached hydrogen (secondary N) is 1. The molecule has 0 radical (unpaired) electrons. The van der Waals surface area contributed by atoms with Crippen molar-refractivity contribution in [3.63, 3.8) is 0 Å². The van der Waals surface area contributed by atoms with Crippen LogP contribution in [0.15, 0.2) is 12.3 Å². The Morgan fingerprint density at radius 1 is 1.50 bits per heavy atom. The van der Waals surface area contributed by atoms with E-state index in [1.165, 1.54) is 25.5 Å². The van der Waals surface area contributed by atoms with Gasteiger partial charge in [0.15, 0.2) is 0 Å². The summed E-state index contributed by atoms with van der Waals surface area (Å²) in [5.74, 6) is -0.494. The number of carbonyl (C=O) groups excluding carboxylic acids is 1. The number of amides is 1. The van der Waals surface area contributed by atoms with Crippen molar-refractivity contribution in [1.82, 2.24) is 15.4 Å². The van der Waals surface area contributed by atoms with Crippen LogP contribution in [0.5, 0.6) is 0 Å². The van der Waals surface area contributed by atoms with Gasteiger partial charge in [-0.3, -0.25) is 19.9 Å². The SMILES string of the molecule is O=C(NO)c1cnc2c(c1)CN(C1CCC1)CC2. The third-order valence-electron chi connectivity index (χ3n) is 4.02. The predicted octanol–water partition coefficient (Wildman–Crippen LogP) is 1.11. The molecular formula is C13H17N3O2. The summed E-state index contributed by atoms with van der Waals surface area (Å²) in [6.07, 6.45) is 6.40. The first-order valence-electron chi connectivity index (χ1n) is 6.44. The summed E-state index contributed by atoms with van der Waals surface area (Å²) in [5, 5.41) is 8.64. The van der Waals surface area contributed by atoms with Gasteiger partial charge in [0.25, 0.3) is 5.91 Å². The van der Waals surface area contributed by atoms with Crippen LogP contribution in [0.1, 0.15) is 40.9 Å². The van der Waals surface area contributed by atoms with E-state index in [0.717, 1.165) is 30.8 Å². The molecule has 1 aromatic rings. The van der Waals surface area contributed by atoms with Crippen LogP contribution >= 0.6 is 0 Å². The number of pyridine rings is 1. The largest absolute Gasteiger partial charge is 0.296 e. The monoisotopic (exact) mass is 247 g/mol. The molecule has 0 bridgehead atoms. The van der Waals surface area contributed by atoms with Crippen LogP contribution in [0.4, 0.5) is 0 Å². The fraction of sp³-hybridized carbons (Fsp3) is 0.538. The third kappa shape index (κ3) is 2.00. The Morgan fingerprint density at radius 3 is 3.00 bits per heavy atom. The molecule has 2 aliphatic rings. The number of fused-ring (bicyclic) bond motifs is 1. The van der Waals surface area contributed by atoms with Gasteiger partial charge in [0.1, 0.15) is 0 Å². The van der Waals surface area contributed by atoms with Crippen molar-refractivity contribution in [1.29, 1.82) is 0 Å². The molecule has 1 amide bonds. The maximum atomic E-state index is 11.4. The first-order valence-corrected chi connectivity index (χ1v) is 6.44. The van der Waals surface area contributed by atoms with E-state index in [2.05, 4.69) is 9.88 Å². The molecule has 0 atom stereocenters. The molecule has 5 nitrogen and oxygen atoms in total. The molecule has 0 aromatic carbocycles. The Balaban J connectivity index is 1.81. The van der Waals surface area contributed by atoms with Gasteiger partial charge >= 0.3 is 0 Å². The zero-order chi connectivity index (χ0) is 12.5. The van der Waals surface area contributed by atoms with Crippen LogP contribution < -0.4 is 5.48 Å². The molecule has 0 unspecified atom stereocenters. The molecule has 5 heteroatoms. The van der Waals surface area contributed by atoms with Crippen LogP contribution in [0.3, 0.4) is 0 Å². The number of rotatable bonds is 2. The molecule has 3 rings (SSSR count). The van der Waals surface area contributed by atoms with Crippen molar-refractivity contribution in [2.45, 2.75) is 38.3 Å². The molecular weight excluding hydrogens is 230 g/mol. The van der Waals surface area contributed by atoms with Crippen molar-refractivity contribution in [2.75, 3.05) is 6.54 Å². The number of hydrogen-bond donors (Lipinski definition) is 2. The zero-order valence-electron chi connectivity index (χ0n) is 10.2. The van der Waals surface area contributed by atoms with E-state index < -0.39 is 5.91 Å². The summed E-state index contributed by atoms with van der Waals surface area (Å²) in [6, 6.07) is 2.56. The van der Waals surface area contributed by atoms with Gasteiger partial charge in [0, 0.05) is 37.4 Å². The maximum Gasteiger partial charge on any atom is 0.276 e. The minimum Gasteiger partial charge on any atom is -0.296 e. The van der Waals surface area contributed by atoms with E-state index in [4.69, 9.17) is 5.21 Å². The summed E-state index contributed by atoms with van der Waals surface area (Å²) in [7, 11) is 0. The predicted molar refractivity (Wildman–Crippen MR) is 65.2 cm³/mol. The van der Waals surface area contributed by atoms with Crippen molar-refractivity contribution >= 4 is 5.91 Å². The van der Waals surface area contributed by atoms with E-state index >= 15 is 0 Å². The highest BCUT2D eigenvalue weighted by Crippen LogP contribution is 2.29. The lowest BCUT2D eigenvalue weighted by atomic mass is 9.89.